The molecule has 0 atom stereocenters. The van der Waals surface area contributed by atoms with Gasteiger partial charge in [0, 0.05) is 18.4 Å². The zero-order valence-corrected chi connectivity index (χ0v) is 12.5. The first-order valence-corrected chi connectivity index (χ1v) is 8.59. The molecule has 1 aliphatic rings. The monoisotopic (exact) mass is 300 g/mol. The van der Waals surface area contributed by atoms with Crippen LogP contribution >= 0.6 is 0 Å². The quantitative estimate of drug-likeness (QED) is 0.944. The first-order valence-electron chi connectivity index (χ1n) is 6.69. The molecule has 0 bridgehead atoms. The highest BCUT2D eigenvalue weighted by molar-refractivity contribution is 7.90. The van der Waals surface area contributed by atoms with Crippen LogP contribution in [0.2, 0.25) is 0 Å². The van der Waals surface area contributed by atoms with Gasteiger partial charge in [0.15, 0.2) is 9.84 Å². The molecule has 3 rings (SSSR count). The Morgan fingerprint density at radius 2 is 1.81 bits per heavy atom. The molecule has 0 saturated heterocycles. The van der Waals surface area contributed by atoms with Crippen molar-refractivity contribution < 1.29 is 8.42 Å². The number of rotatable bonds is 3. The fraction of sp³-hybridized carbons (Fsp3) is 0.188. The molecular formula is C16H16N2O2S. The van der Waals surface area contributed by atoms with Gasteiger partial charge in [-0.25, -0.2) is 8.42 Å². The maximum Gasteiger partial charge on any atom is 0.175 e. The lowest BCUT2D eigenvalue weighted by Crippen LogP contribution is -2.15. The number of hydrogen-bond acceptors (Lipinski definition) is 4. The maximum absolute atomic E-state index is 11.8. The zero-order chi connectivity index (χ0) is 14.9. The standard InChI is InChI=1S/C16H16N2O2S/c1-21(19,20)13-7-8-14(16-10-17-11-18-16)15(9-13)12-5-3-2-4-6-12/h2-9,17H,10-11H2,1H3. The van der Waals surface area contributed by atoms with Crippen LogP contribution < -0.4 is 5.32 Å². The number of hydrogen-bond donors (Lipinski definition) is 1. The Balaban J connectivity index is 2.21. The van der Waals surface area contributed by atoms with E-state index in [1.165, 1.54) is 6.26 Å². The highest BCUT2D eigenvalue weighted by Crippen LogP contribution is 2.27. The predicted molar refractivity (Wildman–Crippen MR) is 84.4 cm³/mol. The summed E-state index contributed by atoms with van der Waals surface area (Å²) >= 11 is 0. The van der Waals surface area contributed by atoms with E-state index in [9.17, 15) is 8.42 Å². The van der Waals surface area contributed by atoms with Crippen LogP contribution in [0.1, 0.15) is 5.56 Å². The second-order valence-electron chi connectivity index (χ2n) is 5.04. The lowest BCUT2D eigenvalue weighted by atomic mass is 9.97. The van der Waals surface area contributed by atoms with E-state index in [4.69, 9.17) is 0 Å². The van der Waals surface area contributed by atoms with Gasteiger partial charge in [0.05, 0.1) is 17.3 Å². The summed E-state index contributed by atoms with van der Waals surface area (Å²) in [6.07, 6.45) is 1.23. The van der Waals surface area contributed by atoms with Crippen LogP contribution in [0.25, 0.3) is 11.1 Å². The second-order valence-corrected chi connectivity index (χ2v) is 7.05. The molecule has 108 valence electrons. The van der Waals surface area contributed by atoms with E-state index < -0.39 is 9.84 Å². The first kappa shape index (κ1) is 14.0. The molecule has 0 aliphatic carbocycles. The van der Waals surface area contributed by atoms with E-state index in [0.29, 0.717) is 18.1 Å². The van der Waals surface area contributed by atoms with Gasteiger partial charge in [0.1, 0.15) is 0 Å². The van der Waals surface area contributed by atoms with E-state index in [0.717, 1.165) is 22.4 Å². The zero-order valence-electron chi connectivity index (χ0n) is 11.7. The van der Waals surface area contributed by atoms with Crippen LogP contribution in [0.5, 0.6) is 0 Å². The normalized spacial score (nSPS) is 15.0. The van der Waals surface area contributed by atoms with Crippen molar-refractivity contribution in [2.24, 2.45) is 4.99 Å². The molecule has 0 aromatic heterocycles. The maximum atomic E-state index is 11.8. The van der Waals surface area contributed by atoms with Crippen LogP contribution in [0.3, 0.4) is 0 Å². The third kappa shape index (κ3) is 2.89. The smallest absolute Gasteiger partial charge is 0.175 e. The number of nitrogens with one attached hydrogen (secondary N) is 1. The van der Waals surface area contributed by atoms with Crippen molar-refractivity contribution in [3.63, 3.8) is 0 Å². The summed E-state index contributed by atoms with van der Waals surface area (Å²) < 4.78 is 23.6. The van der Waals surface area contributed by atoms with E-state index in [1.54, 1.807) is 12.1 Å². The average Bonchev–Trinajstić information content (AvgIpc) is 3.01. The van der Waals surface area contributed by atoms with Crippen molar-refractivity contribution in [1.82, 2.24) is 5.32 Å². The summed E-state index contributed by atoms with van der Waals surface area (Å²) in [4.78, 5) is 4.77. The molecule has 2 aromatic carbocycles. The summed E-state index contributed by atoms with van der Waals surface area (Å²) in [5.41, 5.74) is 3.85. The van der Waals surface area contributed by atoms with Crippen LogP contribution in [-0.4, -0.2) is 33.6 Å². The van der Waals surface area contributed by atoms with Crippen molar-refractivity contribution in [1.29, 1.82) is 0 Å². The van der Waals surface area contributed by atoms with Crippen LogP contribution in [0.4, 0.5) is 0 Å². The van der Waals surface area contributed by atoms with Crippen molar-refractivity contribution >= 4 is 15.5 Å². The molecule has 0 spiro atoms. The van der Waals surface area contributed by atoms with Crippen LogP contribution in [0, 0.1) is 0 Å². The molecule has 0 amide bonds. The van der Waals surface area contributed by atoms with Crippen LogP contribution in [0.15, 0.2) is 58.4 Å². The molecule has 0 saturated carbocycles. The van der Waals surface area contributed by atoms with Crippen molar-refractivity contribution in [2.45, 2.75) is 4.90 Å². The SMILES string of the molecule is CS(=O)(=O)c1ccc(C2=NCNC2)c(-c2ccccc2)c1. The van der Waals surface area contributed by atoms with Gasteiger partial charge in [0.2, 0.25) is 0 Å². The van der Waals surface area contributed by atoms with Crippen molar-refractivity contribution in [3.8, 4) is 11.1 Å². The molecule has 1 aliphatic heterocycles. The topological polar surface area (TPSA) is 58.5 Å². The van der Waals surface area contributed by atoms with Gasteiger partial charge in [-0.1, -0.05) is 36.4 Å². The predicted octanol–water partition coefficient (Wildman–Crippen LogP) is 2.11. The summed E-state index contributed by atoms with van der Waals surface area (Å²) in [6.45, 7) is 1.31. The highest BCUT2D eigenvalue weighted by Gasteiger charge is 2.17. The summed E-state index contributed by atoms with van der Waals surface area (Å²) in [6, 6.07) is 15.0. The van der Waals surface area contributed by atoms with Crippen molar-refractivity contribution in [2.75, 3.05) is 19.5 Å². The average molecular weight is 300 g/mol. The molecule has 0 radical (unpaired) electrons. The summed E-state index contributed by atoms with van der Waals surface area (Å²) in [5, 5.41) is 3.17. The van der Waals surface area contributed by atoms with E-state index in [2.05, 4.69) is 10.3 Å². The van der Waals surface area contributed by atoms with E-state index in [-0.39, 0.29) is 0 Å². The minimum atomic E-state index is -3.23. The molecule has 21 heavy (non-hydrogen) atoms. The van der Waals surface area contributed by atoms with Crippen molar-refractivity contribution in [3.05, 3.63) is 54.1 Å². The molecule has 4 nitrogen and oxygen atoms in total. The third-order valence-electron chi connectivity index (χ3n) is 3.49. The minimum absolute atomic E-state index is 0.330. The van der Waals surface area contributed by atoms with Gasteiger partial charge in [-0.2, -0.15) is 0 Å². The molecule has 1 N–H and O–H groups in total. The first-order chi connectivity index (χ1) is 10.1. The van der Waals surface area contributed by atoms with Crippen LogP contribution in [-0.2, 0) is 9.84 Å². The van der Waals surface area contributed by atoms with Gasteiger partial charge in [0.25, 0.3) is 0 Å². The summed E-state index contributed by atoms with van der Waals surface area (Å²) in [7, 11) is -3.23. The summed E-state index contributed by atoms with van der Waals surface area (Å²) in [5.74, 6) is 0. The minimum Gasteiger partial charge on any atom is -0.293 e. The molecular weight excluding hydrogens is 284 g/mol. The Hall–Kier alpha value is -1.98. The van der Waals surface area contributed by atoms with E-state index >= 15 is 0 Å². The third-order valence-corrected chi connectivity index (χ3v) is 4.60. The Morgan fingerprint density at radius 3 is 2.43 bits per heavy atom. The molecule has 1 heterocycles. The fourth-order valence-corrected chi connectivity index (χ4v) is 3.07. The van der Waals surface area contributed by atoms with Gasteiger partial charge in [-0.3, -0.25) is 10.3 Å². The Kier molecular flexibility index (Phi) is 3.61. The van der Waals surface area contributed by atoms with Gasteiger partial charge in [-0.15, -0.1) is 0 Å². The van der Waals surface area contributed by atoms with Gasteiger partial charge >= 0.3 is 0 Å². The largest absolute Gasteiger partial charge is 0.293 e. The Morgan fingerprint density at radius 1 is 1.05 bits per heavy atom. The Bertz CT molecular complexity index is 796. The second kappa shape index (κ2) is 5.42. The Labute approximate surface area is 124 Å². The van der Waals surface area contributed by atoms with E-state index in [1.807, 2.05) is 36.4 Å². The molecule has 0 unspecified atom stereocenters. The van der Waals surface area contributed by atoms with Gasteiger partial charge in [-0.05, 0) is 23.3 Å². The van der Waals surface area contributed by atoms with Gasteiger partial charge < -0.3 is 0 Å². The molecule has 5 heteroatoms. The number of sulfone groups is 1. The lowest BCUT2D eigenvalue weighted by molar-refractivity contribution is 0.602. The number of nitrogens with zero attached hydrogens (tertiary/aromatic N) is 1. The number of aliphatic imine (C=N–C) groups is 1. The number of benzene rings is 2. The lowest BCUT2D eigenvalue weighted by Gasteiger charge is -2.11. The molecule has 2 aromatic rings. The highest BCUT2D eigenvalue weighted by atomic mass is 32.2. The fourth-order valence-electron chi connectivity index (χ4n) is 2.42. The molecule has 0 fully saturated rings.